The molecule has 1 aromatic heterocycles. The molecule has 1 heterocycles. The molecule has 1 aromatic carbocycles. The standard InChI is InChI=1S/C17H22N2OS2/c1-13(11-16-5-4-10-22-16)19(17(21)18-2)12-14-6-8-15(20-3)9-7-14/h4-10,13H,11-12H2,1-3H3,(H,18,21)/t13-/m1/s1. The van der Waals surface area contributed by atoms with Gasteiger partial charge in [-0.25, -0.2) is 0 Å². The molecule has 0 bridgehead atoms. The average Bonchev–Trinajstić information content (AvgIpc) is 3.05. The van der Waals surface area contributed by atoms with Gasteiger partial charge >= 0.3 is 0 Å². The highest BCUT2D eigenvalue weighted by atomic mass is 32.1. The average molecular weight is 335 g/mol. The van der Waals surface area contributed by atoms with Crippen LogP contribution in [0.1, 0.15) is 17.4 Å². The minimum Gasteiger partial charge on any atom is -0.497 e. The predicted molar refractivity (Wildman–Crippen MR) is 97.7 cm³/mol. The lowest BCUT2D eigenvalue weighted by Gasteiger charge is -2.31. The smallest absolute Gasteiger partial charge is 0.169 e. The van der Waals surface area contributed by atoms with Crippen molar-refractivity contribution in [1.29, 1.82) is 0 Å². The van der Waals surface area contributed by atoms with E-state index >= 15 is 0 Å². The second kappa shape index (κ2) is 8.15. The molecule has 0 radical (unpaired) electrons. The molecule has 1 N–H and O–H groups in total. The van der Waals surface area contributed by atoms with Gasteiger partial charge in [0.1, 0.15) is 5.75 Å². The van der Waals surface area contributed by atoms with E-state index in [2.05, 4.69) is 46.8 Å². The van der Waals surface area contributed by atoms with Crippen molar-refractivity contribution in [2.75, 3.05) is 14.2 Å². The van der Waals surface area contributed by atoms with Crippen LogP contribution in [-0.2, 0) is 13.0 Å². The summed E-state index contributed by atoms with van der Waals surface area (Å²) in [7, 11) is 3.56. The van der Waals surface area contributed by atoms with Gasteiger partial charge in [0, 0.05) is 30.9 Å². The first-order valence-corrected chi connectivity index (χ1v) is 8.56. The molecule has 0 aliphatic carbocycles. The van der Waals surface area contributed by atoms with Crippen molar-refractivity contribution >= 4 is 28.7 Å². The molecule has 2 aromatic rings. The molecular formula is C17H22N2OS2. The van der Waals surface area contributed by atoms with E-state index in [1.54, 1.807) is 18.4 Å². The number of hydrogen-bond acceptors (Lipinski definition) is 3. The Morgan fingerprint density at radius 1 is 1.32 bits per heavy atom. The molecule has 0 saturated carbocycles. The van der Waals surface area contributed by atoms with E-state index < -0.39 is 0 Å². The minimum absolute atomic E-state index is 0.334. The number of hydrogen-bond donors (Lipinski definition) is 1. The Kier molecular flexibility index (Phi) is 6.21. The van der Waals surface area contributed by atoms with Gasteiger partial charge in [-0.15, -0.1) is 11.3 Å². The first-order chi connectivity index (χ1) is 10.6. The van der Waals surface area contributed by atoms with Crippen LogP contribution < -0.4 is 10.1 Å². The summed E-state index contributed by atoms with van der Waals surface area (Å²) in [6.45, 7) is 3.00. The number of benzene rings is 1. The van der Waals surface area contributed by atoms with Crippen molar-refractivity contribution in [3.63, 3.8) is 0 Å². The molecule has 0 fully saturated rings. The molecule has 3 nitrogen and oxygen atoms in total. The largest absolute Gasteiger partial charge is 0.497 e. The zero-order chi connectivity index (χ0) is 15.9. The second-order valence-electron chi connectivity index (χ2n) is 5.16. The van der Waals surface area contributed by atoms with Crippen LogP contribution >= 0.6 is 23.6 Å². The van der Waals surface area contributed by atoms with Crippen LogP contribution in [0.2, 0.25) is 0 Å². The monoisotopic (exact) mass is 334 g/mol. The summed E-state index contributed by atoms with van der Waals surface area (Å²) < 4.78 is 5.21. The third-order valence-electron chi connectivity index (χ3n) is 3.60. The van der Waals surface area contributed by atoms with E-state index in [-0.39, 0.29) is 0 Å². The molecule has 0 aliphatic heterocycles. The Morgan fingerprint density at radius 2 is 2.05 bits per heavy atom. The molecule has 22 heavy (non-hydrogen) atoms. The van der Waals surface area contributed by atoms with Crippen molar-refractivity contribution in [2.24, 2.45) is 0 Å². The summed E-state index contributed by atoms with van der Waals surface area (Å²) in [5.41, 5.74) is 1.22. The number of ether oxygens (including phenoxy) is 1. The normalized spacial score (nSPS) is 11.8. The van der Waals surface area contributed by atoms with Gasteiger partial charge in [-0.1, -0.05) is 18.2 Å². The van der Waals surface area contributed by atoms with Crippen LogP contribution in [0.4, 0.5) is 0 Å². The van der Waals surface area contributed by atoms with Crippen LogP contribution in [0.5, 0.6) is 5.75 Å². The lowest BCUT2D eigenvalue weighted by molar-refractivity contribution is 0.319. The second-order valence-corrected chi connectivity index (χ2v) is 6.58. The molecule has 0 aliphatic rings. The Labute approximate surface area is 141 Å². The van der Waals surface area contributed by atoms with Gasteiger partial charge in [-0.05, 0) is 48.3 Å². The zero-order valence-corrected chi connectivity index (χ0v) is 14.8. The van der Waals surface area contributed by atoms with Crippen LogP contribution in [0.15, 0.2) is 41.8 Å². The molecule has 118 valence electrons. The van der Waals surface area contributed by atoms with Crippen LogP contribution in [0, 0.1) is 0 Å². The number of nitrogens with one attached hydrogen (secondary N) is 1. The summed E-state index contributed by atoms with van der Waals surface area (Å²) in [6, 6.07) is 12.7. The Balaban J connectivity index is 2.09. The molecule has 0 amide bonds. The number of nitrogens with zero attached hydrogens (tertiary/aromatic N) is 1. The SMILES string of the molecule is CNC(=S)N(Cc1ccc(OC)cc1)[C@H](C)Cc1cccs1. The highest BCUT2D eigenvalue weighted by Gasteiger charge is 2.17. The molecule has 0 unspecified atom stereocenters. The van der Waals surface area contributed by atoms with E-state index in [4.69, 9.17) is 17.0 Å². The number of methoxy groups -OCH3 is 1. The molecule has 0 saturated heterocycles. The predicted octanol–water partition coefficient (Wildman–Crippen LogP) is 3.69. The fourth-order valence-electron chi connectivity index (χ4n) is 2.33. The zero-order valence-electron chi connectivity index (χ0n) is 13.2. The number of rotatable bonds is 6. The molecule has 0 spiro atoms. The van der Waals surface area contributed by atoms with Crippen molar-refractivity contribution in [3.05, 3.63) is 52.2 Å². The first kappa shape index (κ1) is 16.8. The summed E-state index contributed by atoms with van der Waals surface area (Å²) in [5, 5.41) is 6.00. The first-order valence-electron chi connectivity index (χ1n) is 7.27. The van der Waals surface area contributed by atoms with Crippen LogP contribution in [0.3, 0.4) is 0 Å². The van der Waals surface area contributed by atoms with Gasteiger partial charge < -0.3 is 15.0 Å². The maximum Gasteiger partial charge on any atom is 0.169 e. The van der Waals surface area contributed by atoms with E-state index in [0.717, 1.165) is 23.8 Å². The third-order valence-corrected chi connectivity index (χ3v) is 4.93. The lowest BCUT2D eigenvalue weighted by Crippen LogP contribution is -2.43. The summed E-state index contributed by atoms with van der Waals surface area (Å²) in [6.07, 6.45) is 0.996. The highest BCUT2D eigenvalue weighted by Crippen LogP contribution is 2.18. The van der Waals surface area contributed by atoms with Crippen molar-refractivity contribution < 1.29 is 4.74 Å². The molecule has 5 heteroatoms. The van der Waals surface area contributed by atoms with Gasteiger partial charge in [0.25, 0.3) is 0 Å². The van der Waals surface area contributed by atoms with Gasteiger partial charge in [-0.3, -0.25) is 0 Å². The number of thiophene rings is 1. The number of thiocarbonyl (C=S) groups is 1. The van der Waals surface area contributed by atoms with Crippen molar-refractivity contribution in [3.8, 4) is 5.75 Å². The summed E-state index contributed by atoms with van der Waals surface area (Å²) >= 11 is 7.28. The van der Waals surface area contributed by atoms with Gasteiger partial charge in [-0.2, -0.15) is 0 Å². The molecular weight excluding hydrogens is 312 g/mol. The van der Waals surface area contributed by atoms with E-state index in [1.165, 1.54) is 10.4 Å². The maximum absolute atomic E-state index is 5.49. The fraction of sp³-hybridized carbons (Fsp3) is 0.353. The Bertz CT molecular complexity index is 581. The Hall–Kier alpha value is -1.59. The topological polar surface area (TPSA) is 24.5 Å². The van der Waals surface area contributed by atoms with Gasteiger partial charge in [0.2, 0.25) is 0 Å². The third kappa shape index (κ3) is 4.45. The molecule has 2 rings (SSSR count). The fourth-order valence-corrected chi connectivity index (χ4v) is 3.40. The lowest BCUT2D eigenvalue weighted by atomic mass is 10.1. The summed E-state index contributed by atoms with van der Waals surface area (Å²) in [4.78, 5) is 3.61. The van der Waals surface area contributed by atoms with Gasteiger partial charge in [0.05, 0.1) is 7.11 Å². The van der Waals surface area contributed by atoms with Gasteiger partial charge in [0.15, 0.2) is 5.11 Å². The minimum atomic E-state index is 0.334. The van der Waals surface area contributed by atoms with E-state index in [1.807, 2.05) is 19.2 Å². The van der Waals surface area contributed by atoms with Crippen molar-refractivity contribution in [1.82, 2.24) is 10.2 Å². The van der Waals surface area contributed by atoms with Crippen LogP contribution in [0.25, 0.3) is 0 Å². The van der Waals surface area contributed by atoms with E-state index in [0.29, 0.717) is 6.04 Å². The van der Waals surface area contributed by atoms with E-state index in [9.17, 15) is 0 Å². The molecule has 1 atom stereocenters. The maximum atomic E-state index is 5.49. The van der Waals surface area contributed by atoms with Crippen molar-refractivity contribution in [2.45, 2.75) is 25.9 Å². The summed E-state index contributed by atoms with van der Waals surface area (Å²) in [5.74, 6) is 0.873. The van der Waals surface area contributed by atoms with Crippen LogP contribution in [-0.4, -0.2) is 30.2 Å². The quantitative estimate of drug-likeness (QED) is 0.814. The Morgan fingerprint density at radius 3 is 2.59 bits per heavy atom. The highest BCUT2D eigenvalue weighted by molar-refractivity contribution is 7.80.